The molecule has 2 rings (SSSR count). The largest absolute Gasteiger partial charge is 0.396 e. The molecule has 0 fully saturated rings. The standard InChI is InChI=1S/C25H36N2O3/c1-27-19-22(25(26)30)18-23(27)24(29)21-15-13-20(14-16-21)12-10-8-6-4-2-3-5-7-9-11-17-28/h13-16,18-19,28H,2-12,17H2,1H3,(H2,26,30). The predicted octanol–water partition coefficient (Wildman–Crippen LogP) is 4.79. The lowest BCUT2D eigenvalue weighted by molar-refractivity contribution is 0.0999. The van der Waals surface area contributed by atoms with Crippen LogP contribution in [0.4, 0.5) is 0 Å². The van der Waals surface area contributed by atoms with Crippen LogP contribution in [-0.4, -0.2) is 28.0 Å². The third-order valence-corrected chi connectivity index (χ3v) is 5.61. The van der Waals surface area contributed by atoms with Crippen molar-refractivity contribution in [1.82, 2.24) is 4.57 Å². The molecule has 1 heterocycles. The van der Waals surface area contributed by atoms with E-state index in [1.54, 1.807) is 23.9 Å². The fourth-order valence-electron chi connectivity index (χ4n) is 3.75. The summed E-state index contributed by atoms with van der Waals surface area (Å²) in [6.45, 7) is 0.323. The number of benzene rings is 1. The molecule has 0 aliphatic heterocycles. The number of aryl methyl sites for hydroxylation is 2. The van der Waals surface area contributed by atoms with E-state index in [1.165, 1.54) is 56.9 Å². The van der Waals surface area contributed by atoms with Gasteiger partial charge in [-0.1, -0.05) is 75.6 Å². The Bertz CT molecular complexity index is 793. The van der Waals surface area contributed by atoms with E-state index in [0.29, 0.717) is 23.4 Å². The van der Waals surface area contributed by atoms with E-state index in [4.69, 9.17) is 10.8 Å². The lowest BCUT2D eigenvalue weighted by atomic mass is 10.0. The number of nitrogens with zero attached hydrogens (tertiary/aromatic N) is 1. The fourth-order valence-corrected chi connectivity index (χ4v) is 3.75. The zero-order chi connectivity index (χ0) is 21.8. The van der Waals surface area contributed by atoms with Gasteiger partial charge in [0.15, 0.2) is 0 Å². The van der Waals surface area contributed by atoms with Crippen LogP contribution in [-0.2, 0) is 13.5 Å². The highest BCUT2D eigenvalue weighted by atomic mass is 16.3. The Labute approximate surface area is 180 Å². The fraction of sp³-hybridized carbons (Fsp3) is 0.520. The molecule has 1 amide bonds. The van der Waals surface area contributed by atoms with E-state index in [2.05, 4.69) is 0 Å². The SMILES string of the molecule is Cn1cc(C(N)=O)cc1C(=O)c1ccc(CCCCCCCCCCCCO)cc1. The summed E-state index contributed by atoms with van der Waals surface area (Å²) in [5, 5.41) is 8.75. The molecule has 5 nitrogen and oxygen atoms in total. The van der Waals surface area contributed by atoms with Gasteiger partial charge in [-0.3, -0.25) is 9.59 Å². The van der Waals surface area contributed by atoms with Crippen molar-refractivity contribution in [3.63, 3.8) is 0 Å². The van der Waals surface area contributed by atoms with Crippen molar-refractivity contribution in [1.29, 1.82) is 0 Å². The number of primary amides is 1. The van der Waals surface area contributed by atoms with Crippen LogP contribution in [0, 0.1) is 0 Å². The smallest absolute Gasteiger partial charge is 0.250 e. The quantitative estimate of drug-likeness (QED) is 0.326. The Morgan fingerprint density at radius 1 is 0.833 bits per heavy atom. The van der Waals surface area contributed by atoms with E-state index < -0.39 is 5.91 Å². The number of rotatable bonds is 15. The van der Waals surface area contributed by atoms with Gasteiger partial charge in [0, 0.05) is 25.4 Å². The van der Waals surface area contributed by atoms with Gasteiger partial charge in [-0.05, 0) is 30.9 Å². The molecule has 3 N–H and O–H groups in total. The third kappa shape index (κ3) is 7.79. The molecule has 0 spiro atoms. The normalized spacial score (nSPS) is 11.0. The highest BCUT2D eigenvalue weighted by Gasteiger charge is 2.16. The molecule has 0 aliphatic rings. The number of hydrogen-bond acceptors (Lipinski definition) is 3. The monoisotopic (exact) mass is 412 g/mol. The lowest BCUT2D eigenvalue weighted by Gasteiger charge is -2.06. The first kappa shape index (κ1) is 23.9. The first-order valence-corrected chi connectivity index (χ1v) is 11.2. The summed E-state index contributed by atoms with van der Waals surface area (Å²) < 4.78 is 1.64. The Hall–Kier alpha value is -2.40. The first-order valence-electron chi connectivity index (χ1n) is 11.2. The second-order valence-electron chi connectivity index (χ2n) is 8.12. The molecule has 0 aliphatic carbocycles. The Balaban J connectivity index is 1.66. The minimum Gasteiger partial charge on any atom is -0.396 e. The molecule has 0 saturated heterocycles. The van der Waals surface area contributed by atoms with Crippen molar-refractivity contribution in [3.05, 3.63) is 58.9 Å². The molecule has 0 bridgehead atoms. The molecular formula is C25H36N2O3. The van der Waals surface area contributed by atoms with Crippen LogP contribution >= 0.6 is 0 Å². The minimum atomic E-state index is -0.530. The summed E-state index contributed by atoms with van der Waals surface area (Å²) >= 11 is 0. The van der Waals surface area contributed by atoms with Crippen LogP contribution in [0.1, 0.15) is 96.2 Å². The van der Waals surface area contributed by atoms with Crippen molar-refractivity contribution >= 4 is 11.7 Å². The molecule has 0 atom stereocenters. The van der Waals surface area contributed by atoms with E-state index >= 15 is 0 Å². The molecule has 5 heteroatoms. The molecule has 2 aromatic rings. The Morgan fingerprint density at radius 2 is 1.37 bits per heavy atom. The maximum atomic E-state index is 12.7. The van der Waals surface area contributed by atoms with E-state index in [9.17, 15) is 9.59 Å². The van der Waals surface area contributed by atoms with E-state index in [0.717, 1.165) is 19.3 Å². The number of aliphatic hydroxyl groups is 1. The van der Waals surface area contributed by atoms with Gasteiger partial charge in [-0.15, -0.1) is 0 Å². The van der Waals surface area contributed by atoms with Crippen molar-refractivity contribution in [2.75, 3.05) is 6.61 Å². The number of aromatic nitrogens is 1. The number of carbonyl (C=O) groups excluding carboxylic acids is 2. The Kier molecular flexibility index (Phi) is 10.4. The molecule has 30 heavy (non-hydrogen) atoms. The molecule has 1 aromatic heterocycles. The average Bonchev–Trinajstić information content (AvgIpc) is 3.14. The van der Waals surface area contributed by atoms with Crippen LogP contribution in [0.3, 0.4) is 0 Å². The Morgan fingerprint density at radius 3 is 1.87 bits per heavy atom. The number of aliphatic hydroxyl groups excluding tert-OH is 1. The summed E-state index contributed by atoms with van der Waals surface area (Å²) in [4.78, 5) is 24.0. The number of hydrogen-bond donors (Lipinski definition) is 2. The zero-order valence-electron chi connectivity index (χ0n) is 18.2. The topological polar surface area (TPSA) is 85.3 Å². The number of nitrogens with two attached hydrogens (primary N) is 1. The first-order chi connectivity index (χ1) is 14.5. The van der Waals surface area contributed by atoms with Crippen LogP contribution < -0.4 is 5.73 Å². The molecule has 0 saturated carbocycles. The summed E-state index contributed by atoms with van der Waals surface area (Å²) in [6, 6.07) is 9.33. The lowest BCUT2D eigenvalue weighted by Crippen LogP contribution is -2.09. The van der Waals surface area contributed by atoms with Crippen LogP contribution in [0.25, 0.3) is 0 Å². The van der Waals surface area contributed by atoms with Crippen LogP contribution in [0.2, 0.25) is 0 Å². The highest BCUT2D eigenvalue weighted by molar-refractivity contribution is 6.09. The van der Waals surface area contributed by atoms with Crippen LogP contribution in [0.5, 0.6) is 0 Å². The average molecular weight is 413 g/mol. The molecular weight excluding hydrogens is 376 g/mol. The maximum absolute atomic E-state index is 12.7. The van der Waals surface area contributed by atoms with E-state index in [1.807, 2.05) is 24.3 Å². The van der Waals surface area contributed by atoms with Crippen molar-refractivity contribution < 1.29 is 14.7 Å². The van der Waals surface area contributed by atoms with Gasteiger partial charge in [0.25, 0.3) is 0 Å². The minimum absolute atomic E-state index is 0.104. The molecule has 0 radical (unpaired) electrons. The summed E-state index contributed by atoms with van der Waals surface area (Å²) in [5.41, 5.74) is 7.98. The van der Waals surface area contributed by atoms with Gasteiger partial charge in [-0.25, -0.2) is 0 Å². The van der Waals surface area contributed by atoms with E-state index in [-0.39, 0.29) is 5.78 Å². The van der Waals surface area contributed by atoms with Gasteiger partial charge in [0.1, 0.15) is 0 Å². The van der Waals surface area contributed by atoms with Gasteiger partial charge < -0.3 is 15.4 Å². The molecule has 1 aromatic carbocycles. The third-order valence-electron chi connectivity index (χ3n) is 5.61. The van der Waals surface area contributed by atoms with Gasteiger partial charge in [0.05, 0.1) is 11.3 Å². The molecule has 0 unspecified atom stereocenters. The van der Waals surface area contributed by atoms with Gasteiger partial charge in [-0.2, -0.15) is 0 Å². The van der Waals surface area contributed by atoms with Gasteiger partial charge in [0.2, 0.25) is 11.7 Å². The number of carbonyl (C=O) groups is 2. The second-order valence-corrected chi connectivity index (χ2v) is 8.12. The zero-order valence-corrected chi connectivity index (χ0v) is 18.2. The van der Waals surface area contributed by atoms with Crippen molar-refractivity contribution in [2.45, 2.75) is 70.6 Å². The maximum Gasteiger partial charge on any atom is 0.250 e. The summed E-state index contributed by atoms with van der Waals surface area (Å²) in [6.07, 6.45) is 14.9. The number of ketones is 1. The van der Waals surface area contributed by atoms with Crippen molar-refractivity contribution in [3.8, 4) is 0 Å². The van der Waals surface area contributed by atoms with Gasteiger partial charge >= 0.3 is 0 Å². The summed E-state index contributed by atoms with van der Waals surface area (Å²) in [7, 11) is 1.74. The highest BCUT2D eigenvalue weighted by Crippen LogP contribution is 2.16. The summed E-state index contributed by atoms with van der Waals surface area (Å²) in [5.74, 6) is -0.633. The predicted molar refractivity (Wildman–Crippen MR) is 121 cm³/mol. The number of amides is 1. The molecule has 164 valence electrons. The number of unbranched alkanes of at least 4 members (excludes halogenated alkanes) is 9. The second kappa shape index (κ2) is 13.0. The van der Waals surface area contributed by atoms with Crippen molar-refractivity contribution in [2.24, 2.45) is 12.8 Å². The van der Waals surface area contributed by atoms with Crippen LogP contribution in [0.15, 0.2) is 36.5 Å².